The van der Waals surface area contributed by atoms with E-state index < -0.39 is 29.9 Å². The molecule has 1 rings (SSSR count). The fourth-order valence-electron chi connectivity index (χ4n) is 3.88. The average molecular weight is 534 g/mol. The Balaban J connectivity index is 2.65. The van der Waals surface area contributed by atoms with E-state index >= 15 is 0 Å². The van der Waals surface area contributed by atoms with Gasteiger partial charge in [0.25, 0.3) is 11.8 Å². The molecule has 0 bridgehead atoms. The average Bonchev–Trinajstić information content (AvgIpc) is 3.14. The summed E-state index contributed by atoms with van der Waals surface area (Å²) >= 11 is 0. The number of hydrogen-bond acceptors (Lipinski definition) is 7. The normalized spacial score (nSPS) is 14.3. The van der Waals surface area contributed by atoms with E-state index in [1.54, 1.807) is 13.8 Å². The molecule has 14 heteroatoms. The second kappa shape index (κ2) is 16.2. The van der Waals surface area contributed by atoms with Crippen molar-refractivity contribution >= 4 is 49.1 Å². The van der Waals surface area contributed by atoms with E-state index in [2.05, 4.69) is 16.0 Å². The molecule has 210 valence electrons. The maximum Gasteiger partial charge on any atom is 0.312 e. The zero-order valence-corrected chi connectivity index (χ0v) is 22.6. The van der Waals surface area contributed by atoms with E-state index in [-0.39, 0.29) is 61.8 Å². The molecule has 0 aromatic heterocycles. The van der Waals surface area contributed by atoms with Crippen molar-refractivity contribution in [3.63, 3.8) is 0 Å². The van der Waals surface area contributed by atoms with E-state index in [0.717, 1.165) is 4.90 Å². The van der Waals surface area contributed by atoms with Crippen LogP contribution in [0.3, 0.4) is 0 Å². The number of hydrogen-bond donors (Lipinski definition) is 4. The van der Waals surface area contributed by atoms with E-state index in [4.69, 9.17) is 5.73 Å². The van der Waals surface area contributed by atoms with Gasteiger partial charge in [0.1, 0.15) is 17.8 Å². The highest BCUT2D eigenvalue weighted by atomic mass is 16.2. The molecule has 1 heterocycles. The second-order valence-corrected chi connectivity index (χ2v) is 9.65. The number of nitrogens with two attached hydrogens (primary N) is 1. The van der Waals surface area contributed by atoms with Crippen LogP contribution in [0.25, 0.3) is 0 Å². The Kier molecular flexibility index (Phi) is 13.8. The fraction of sp³-hybridized carbons (Fsp3) is 0.625. The predicted octanol–water partition coefficient (Wildman–Crippen LogP) is -1.84. The van der Waals surface area contributed by atoms with Gasteiger partial charge in [-0.05, 0) is 31.6 Å². The Morgan fingerprint density at radius 3 is 2.18 bits per heavy atom. The Morgan fingerprint density at radius 1 is 1.00 bits per heavy atom. The summed E-state index contributed by atoms with van der Waals surface area (Å²) in [6.45, 7) is 3.89. The summed E-state index contributed by atoms with van der Waals surface area (Å²) in [5.74, 6) is -2.30. The first-order valence-corrected chi connectivity index (χ1v) is 12.7. The van der Waals surface area contributed by atoms with E-state index in [0.29, 0.717) is 25.7 Å². The van der Waals surface area contributed by atoms with Gasteiger partial charge in [-0.3, -0.25) is 28.9 Å². The molecule has 0 aromatic rings. The van der Waals surface area contributed by atoms with Crippen LogP contribution in [0.4, 0.5) is 4.79 Å². The monoisotopic (exact) mass is 534 g/mol. The smallest absolute Gasteiger partial charge is 0.312 e. The first kappa shape index (κ1) is 32.3. The van der Waals surface area contributed by atoms with Crippen molar-refractivity contribution in [3.8, 4) is 0 Å². The molecule has 0 fully saturated rings. The van der Waals surface area contributed by atoms with Crippen molar-refractivity contribution in [2.75, 3.05) is 26.7 Å². The standard InChI is InChI=1S/C24H39BN6O7/c1-15(2)21(29-18(33)9-5-4-6-13-31-19(34)10-11-20(31)35)22(36)28-16(8-7-12-27-24(26)38)23(37)30(3)14-17(25)32/h10-11,15-16,21H,4-9,12-14,25H2,1-3H3,(H,28,36)(H,29,33)(H3,26,27,38)/t16-,21?/m0/s1. The van der Waals surface area contributed by atoms with Crippen molar-refractivity contribution in [1.29, 1.82) is 0 Å². The van der Waals surface area contributed by atoms with Crippen molar-refractivity contribution in [2.24, 2.45) is 11.7 Å². The summed E-state index contributed by atoms with van der Waals surface area (Å²) in [5, 5.41) is 7.83. The van der Waals surface area contributed by atoms with Crippen LogP contribution in [-0.2, 0) is 28.8 Å². The summed E-state index contributed by atoms with van der Waals surface area (Å²) in [5.41, 5.74) is 4.84. The molecule has 1 unspecified atom stereocenters. The molecule has 0 radical (unpaired) electrons. The topological polar surface area (TPSA) is 188 Å². The number of rotatable bonds is 17. The number of unbranched alkanes of at least 4 members (excludes halogenated alkanes) is 2. The van der Waals surface area contributed by atoms with Crippen LogP contribution in [0.5, 0.6) is 0 Å². The third kappa shape index (κ3) is 11.6. The highest BCUT2D eigenvalue weighted by molar-refractivity contribution is 6.58. The highest BCUT2D eigenvalue weighted by Crippen LogP contribution is 2.10. The van der Waals surface area contributed by atoms with Crippen LogP contribution in [0, 0.1) is 5.92 Å². The molecule has 1 aliphatic rings. The number of urea groups is 1. The molecule has 7 amide bonds. The zero-order chi connectivity index (χ0) is 28.8. The van der Waals surface area contributed by atoms with Crippen LogP contribution in [0.15, 0.2) is 12.2 Å². The van der Waals surface area contributed by atoms with Crippen molar-refractivity contribution in [3.05, 3.63) is 12.2 Å². The van der Waals surface area contributed by atoms with Crippen LogP contribution in [0.2, 0.25) is 0 Å². The Bertz CT molecular complexity index is 921. The first-order chi connectivity index (χ1) is 17.8. The SMILES string of the molecule is BC(=O)CN(C)C(=O)[C@H](CCCNC(N)=O)NC(=O)C(NC(=O)CCCCCN1C(=O)C=CC1=O)C(C)C. The predicted molar refractivity (Wildman–Crippen MR) is 141 cm³/mol. The van der Waals surface area contributed by atoms with Gasteiger partial charge in [0.05, 0.1) is 6.54 Å². The number of carbonyl (C=O) groups is 7. The quantitative estimate of drug-likeness (QED) is 0.0959. The van der Waals surface area contributed by atoms with Crippen LogP contribution < -0.4 is 21.7 Å². The molecule has 13 nitrogen and oxygen atoms in total. The summed E-state index contributed by atoms with van der Waals surface area (Å²) in [4.78, 5) is 86.4. The molecular weight excluding hydrogens is 495 g/mol. The van der Waals surface area contributed by atoms with Crippen molar-refractivity contribution < 1.29 is 33.6 Å². The molecule has 0 saturated heterocycles. The number of carbonyl (C=O) groups excluding carboxylic acids is 7. The minimum absolute atomic E-state index is 0.119. The molecule has 38 heavy (non-hydrogen) atoms. The molecule has 0 spiro atoms. The van der Waals surface area contributed by atoms with Gasteiger partial charge in [0.15, 0.2) is 7.85 Å². The van der Waals surface area contributed by atoms with E-state index in [1.165, 1.54) is 31.9 Å². The Morgan fingerprint density at radius 2 is 1.63 bits per heavy atom. The lowest BCUT2D eigenvalue weighted by Gasteiger charge is -2.27. The lowest BCUT2D eigenvalue weighted by molar-refractivity contribution is -0.138. The fourth-order valence-corrected chi connectivity index (χ4v) is 3.88. The van der Waals surface area contributed by atoms with E-state index in [1.807, 2.05) is 0 Å². The number of likely N-dealkylation sites (N-methyl/N-ethyl adjacent to an activating group) is 1. The summed E-state index contributed by atoms with van der Waals surface area (Å²) in [7, 11) is 2.80. The van der Waals surface area contributed by atoms with Crippen LogP contribution in [-0.4, -0.2) is 97.7 Å². The van der Waals surface area contributed by atoms with E-state index in [9.17, 15) is 33.6 Å². The van der Waals surface area contributed by atoms with Crippen LogP contribution >= 0.6 is 0 Å². The maximum absolute atomic E-state index is 13.1. The minimum atomic E-state index is -0.967. The number of imide groups is 1. The zero-order valence-electron chi connectivity index (χ0n) is 22.6. The summed E-state index contributed by atoms with van der Waals surface area (Å²) < 4.78 is 0. The molecule has 0 aromatic carbocycles. The molecule has 1 aliphatic heterocycles. The number of nitrogens with zero attached hydrogens (tertiary/aromatic N) is 2. The van der Waals surface area contributed by atoms with Gasteiger partial charge < -0.3 is 31.4 Å². The molecule has 0 saturated carbocycles. The third-order valence-corrected chi connectivity index (χ3v) is 5.87. The van der Waals surface area contributed by atoms with Gasteiger partial charge in [-0.25, -0.2) is 4.79 Å². The van der Waals surface area contributed by atoms with Gasteiger partial charge >= 0.3 is 6.03 Å². The van der Waals surface area contributed by atoms with Gasteiger partial charge in [0.2, 0.25) is 17.7 Å². The molecule has 5 N–H and O–H groups in total. The number of primary amides is 1. The van der Waals surface area contributed by atoms with Crippen LogP contribution in [0.1, 0.15) is 52.4 Å². The lowest BCUT2D eigenvalue weighted by Crippen LogP contribution is -2.56. The maximum atomic E-state index is 13.1. The van der Waals surface area contributed by atoms with Crippen molar-refractivity contribution in [1.82, 2.24) is 25.8 Å². The molecule has 0 aliphatic carbocycles. The van der Waals surface area contributed by atoms with Gasteiger partial charge in [0, 0.05) is 38.7 Å². The Hall–Kier alpha value is -3.71. The Labute approximate surface area is 223 Å². The minimum Gasteiger partial charge on any atom is -0.352 e. The van der Waals surface area contributed by atoms with Gasteiger partial charge in [-0.1, -0.05) is 20.3 Å². The molecular formula is C24H39BN6O7. The summed E-state index contributed by atoms with van der Waals surface area (Å²) in [6.07, 6.45) is 4.81. The number of amides is 7. The number of nitrogens with one attached hydrogen (secondary N) is 3. The summed E-state index contributed by atoms with van der Waals surface area (Å²) in [6, 6.07) is -2.57. The lowest BCUT2D eigenvalue weighted by atomic mass is 10.0. The largest absolute Gasteiger partial charge is 0.352 e. The third-order valence-electron chi connectivity index (χ3n) is 5.87. The van der Waals surface area contributed by atoms with Gasteiger partial charge in [-0.2, -0.15) is 0 Å². The first-order valence-electron chi connectivity index (χ1n) is 12.7. The van der Waals surface area contributed by atoms with Gasteiger partial charge in [-0.15, -0.1) is 0 Å². The van der Waals surface area contributed by atoms with Crippen molar-refractivity contribution in [2.45, 2.75) is 64.5 Å². The molecule has 2 atom stereocenters. The highest BCUT2D eigenvalue weighted by Gasteiger charge is 2.30. The second-order valence-electron chi connectivity index (χ2n) is 9.65.